The Hall–Kier alpha value is -1.59. The van der Waals surface area contributed by atoms with Gasteiger partial charge in [-0.15, -0.1) is 0 Å². The maximum atomic E-state index is 13.0. The average molecular weight is 563 g/mol. The molecule has 6 heteroatoms. The number of carbonyl (C=O) groups excluding carboxylic acids is 3. The molecule has 0 atom stereocenters. The molecule has 0 N–H and O–H groups in total. The second-order valence-electron chi connectivity index (χ2n) is 13.5. The smallest absolute Gasteiger partial charge is 0.306 e. The van der Waals surface area contributed by atoms with Gasteiger partial charge < -0.3 is 14.2 Å². The van der Waals surface area contributed by atoms with Gasteiger partial charge in [0.1, 0.15) is 16.8 Å². The summed E-state index contributed by atoms with van der Waals surface area (Å²) in [5.74, 6) is -0.252. The SMILES string of the molecule is CCCCCCCC(=O)OC12CC3CC(OC(=O)CCCCCCC)(C1)CC(OC(=O)CCCCCCC)(C3)C2. The number of carbonyl (C=O) groups is 3. The normalized spacial score (nSPS) is 28.4. The van der Waals surface area contributed by atoms with Gasteiger partial charge in [0.2, 0.25) is 0 Å². The molecule has 4 saturated carbocycles. The van der Waals surface area contributed by atoms with Crippen molar-refractivity contribution in [3.05, 3.63) is 0 Å². The minimum atomic E-state index is -0.706. The lowest BCUT2D eigenvalue weighted by atomic mass is 9.50. The third-order valence-corrected chi connectivity index (χ3v) is 9.36. The van der Waals surface area contributed by atoms with E-state index >= 15 is 0 Å². The molecule has 4 fully saturated rings. The van der Waals surface area contributed by atoms with Crippen molar-refractivity contribution in [1.29, 1.82) is 0 Å². The van der Waals surface area contributed by atoms with E-state index in [1.54, 1.807) is 0 Å². The molecule has 0 aliphatic heterocycles. The van der Waals surface area contributed by atoms with Gasteiger partial charge in [-0.1, -0.05) is 97.8 Å². The van der Waals surface area contributed by atoms with Gasteiger partial charge in [-0.05, 0) is 44.4 Å². The number of hydrogen-bond acceptors (Lipinski definition) is 6. The zero-order valence-electron chi connectivity index (χ0n) is 26.0. The molecule has 0 heterocycles. The van der Waals surface area contributed by atoms with Gasteiger partial charge in [-0.3, -0.25) is 14.4 Å². The predicted octanol–water partition coefficient (Wildman–Crippen LogP) is 8.91. The van der Waals surface area contributed by atoms with E-state index in [-0.39, 0.29) is 23.8 Å². The minimum Gasteiger partial charge on any atom is -0.459 e. The number of rotatable bonds is 21. The molecule has 40 heavy (non-hydrogen) atoms. The fourth-order valence-electron chi connectivity index (χ4n) is 8.01. The molecule has 0 aromatic heterocycles. The van der Waals surface area contributed by atoms with E-state index in [0.717, 1.165) is 77.0 Å². The summed E-state index contributed by atoms with van der Waals surface area (Å²) in [6.45, 7) is 6.56. The summed E-state index contributed by atoms with van der Waals surface area (Å²) in [6, 6.07) is 0. The van der Waals surface area contributed by atoms with Crippen LogP contribution in [0.2, 0.25) is 0 Å². The molecule has 4 bridgehead atoms. The molecule has 6 nitrogen and oxygen atoms in total. The first-order chi connectivity index (χ1) is 19.3. The van der Waals surface area contributed by atoms with Crippen LogP contribution in [0.3, 0.4) is 0 Å². The Morgan fingerprint density at radius 2 is 0.750 bits per heavy atom. The first-order valence-corrected chi connectivity index (χ1v) is 16.9. The van der Waals surface area contributed by atoms with Crippen molar-refractivity contribution >= 4 is 17.9 Å². The highest BCUT2D eigenvalue weighted by atomic mass is 16.6. The van der Waals surface area contributed by atoms with Gasteiger partial charge >= 0.3 is 17.9 Å². The summed E-state index contributed by atoms with van der Waals surface area (Å²) >= 11 is 0. The van der Waals surface area contributed by atoms with E-state index in [1.165, 1.54) is 38.5 Å². The molecular formula is C34H58O6. The zero-order valence-corrected chi connectivity index (χ0v) is 26.0. The molecule has 0 amide bonds. The molecule has 0 spiro atoms. The van der Waals surface area contributed by atoms with Gasteiger partial charge in [0.05, 0.1) is 0 Å². The summed E-state index contributed by atoms with van der Waals surface area (Å²) in [7, 11) is 0. The van der Waals surface area contributed by atoms with Crippen molar-refractivity contribution in [1.82, 2.24) is 0 Å². The summed E-state index contributed by atoms with van der Waals surface area (Å²) < 4.78 is 18.9. The van der Waals surface area contributed by atoms with Gasteiger partial charge in [-0.2, -0.15) is 0 Å². The van der Waals surface area contributed by atoms with Crippen LogP contribution in [0.1, 0.15) is 175 Å². The Bertz CT molecular complexity index is 694. The quantitative estimate of drug-likeness (QED) is 0.0789. The first-order valence-electron chi connectivity index (χ1n) is 16.9. The lowest BCUT2D eigenvalue weighted by Gasteiger charge is -2.63. The molecule has 0 aromatic rings. The summed E-state index contributed by atoms with van der Waals surface area (Å²) in [4.78, 5) is 39.1. The summed E-state index contributed by atoms with van der Waals surface area (Å²) in [5, 5.41) is 0. The maximum Gasteiger partial charge on any atom is 0.306 e. The Morgan fingerprint density at radius 3 is 1.02 bits per heavy atom. The maximum absolute atomic E-state index is 13.0. The van der Waals surface area contributed by atoms with E-state index in [4.69, 9.17) is 14.2 Å². The van der Waals surface area contributed by atoms with Gasteiger partial charge in [0.15, 0.2) is 0 Å². The van der Waals surface area contributed by atoms with Crippen LogP contribution in [-0.2, 0) is 28.6 Å². The monoisotopic (exact) mass is 562 g/mol. The van der Waals surface area contributed by atoms with E-state index in [0.29, 0.717) is 38.5 Å². The molecule has 230 valence electrons. The van der Waals surface area contributed by atoms with Crippen LogP contribution >= 0.6 is 0 Å². The van der Waals surface area contributed by atoms with Crippen molar-refractivity contribution in [3.63, 3.8) is 0 Å². The summed E-state index contributed by atoms with van der Waals surface area (Å²) in [6.07, 6.45) is 21.4. The molecule has 4 aliphatic rings. The molecule has 0 radical (unpaired) electrons. The molecule has 0 saturated heterocycles. The highest BCUT2D eigenvalue weighted by Crippen LogP contribution is 2.63. The fourth-order valence-corrected chi connectivity index (χ4v) is 8.01. The largest absolute Gasteiger partial charge is 0.459 e. The average Bonchev–Trinajstić information content (AvgIpc) is 2.86. The standard InChI is InChI=1S/C34H58O6/c1-4-7-10-13-16-19-29(35)38-32-22-28-23-33(25-32,39-30(36)20-17-14-11-8-5-2)27-34(24-28,26-32)40-31(37)21-18-15-12-9-6-3/h28H,4-27H2,1-3H3. The highest BCUT2D eigenvalue weighted by Gasteiger charge is 2.68. The van der Waals surface area contributed by atoms with Crippen LogP contribution in [-0.4, -0.2) is 34.7 Å². The number of hydrogen-bond donors (Lipinski definition) is 0. The van der Waals surface area contributed by atoms with Crippen LogP contribution in [0.5, 0.6) is 0 Å². The van der Waals surface area contributed by atoms with Crippen molar-refractivity contribution in [2.24, 2.45) is 5.92 Å². The Balaban J connectivity index is 1.66. The fraction of sp³-hybridized carbons (Fsp3) is 0.912. The number of esters is 3. The molecule has 4 aliphatic carbocycles. The van der Waals surface area contributed by atoms with Crippen molar-refractivity contribution in [2.75, 3.05) is 0 Å². The Kier molecular flexibility index (Phi) is 13.3. The minimum absolute atomic E-state index is 0.159. The first kappa shape index (κ1) is 32.9. The van der Waals surface area contributed by atoms with Crippen LogP contribution in [0.15, 0.2) is 0 Å². The summed E-state index contributed by atoms with van der Waals surface area (Å²) in [5.41, 5.74) is -2.12. The molecule has 0 unspecified atom stereocenters. The third kappa shape index (κ3) is 10.0. The van der Waals surface area contributed by atoms with Crippen molar-refractivity contribution in [2.45, 2.75) is 192 Å². The molecule has 0 aromatic carbocycles. The predicted molar refractivity (Wildman–Crippen MR) is 158 cm³/mol. The number of ether oxygens (including phenoxy) is 3. The van der Waals surface area contributed by atoms with Crippen molar-refractivity contribution < 1.29 is 28.6 Å². The van der Waals surface area contributed by atoms with E-state index in [9.17, 15) is 14.4 Å². The van der Waals surface area contributed by atoms with Gasteiger partial charge in [-0.25, -0.2) is 0 Å². The van der Waals surface area contributed by atoms with Crippen LogP contribution in [0.4, 0.5) is 0 Å². The van der Waals surface area contributed by atoms with Gasteiger partial charge in [0, 0.05) is 38.5 Å². The molecular weight excluding hydrogens is 504 g/mol. The van der Waals surface area contributed by atoms with Gasteiger partial charge in [0.25, 0.3) is 0 Å². The topological polar surface area (TPSA) is 78.9 Å². The highest BCUT2D eigenvalue weighted by molar-refractivity contribution is 5.72. The van der Waals surface area contributed by atoms with E-state index in [1.807, 2.05) is 0 Å². The second-order valence-corrected chi connectivity index (χ2v) is 13.5. The Labute approximate surface area is 244 Å². The van der Waals surface area contributed by atoms with Crippen LogP contribution in [0.25, 0.3) is 0 Å². The molecule has 4 rings (SSSR count). The lowest BCUT2D eigenvalue weighted by molar-refractivity contribution is -0.272. The van der Waals surface area contributed by atoms with E-state index < -0.39 is 16.8 Å². The lowest BCUT2D eigenvalue weighted by Crippen LogP contribution is -2.68. The third-order valence-electron chi connectivity index (χ3n) is 9.36. The Morgan fingerprint density at radius 1 is 0.475 bits per heavy atom. The second kappa shape index (κ2) is 16.2. The zero-order chi connectivity index (χ0) is 28.9. The number of unbranched alkanes of at least 4 members (excludes halogenated alkanes) is 12. The van der Waals surface area contributed by atoms with E-state index in [2.05, 4.69) is 20.8 Å². The van der Waals surface area contributed by atoms with Crippen LogP contribution in [0, 0.1) is 5.92 Å². The van der Waals surface area contributed by atoms with Crippen LogP contribution < -0.4 is 0 Å². The van der Waals surface area contributed by atoms with Crippen molar-refractivity contribution in [3.8, 4) is 0 Å².